The SMILES string of the molecule is O=C(O)CCCn1nnnc1-c1cc(Br)sc1Br. The minimum atomic E-state index is -0.816. The van der Waals surface area contributed by atoms with E-state index in [2.05, 4.69) is 47.4 Å². The predicted octanol–water partition coefficient (Wildman–Crippen LogP) is 2.79. The molecule has 0 spiro atoms. The van der Waals surface area contributed by atoms with Gasteiger partial charge in [0.15, 0.2) is 5.82 Å². The van der Waals surface area contributed by atoms with Gasteiger partial charge in [0.2, 0.25) is 0 Å². The highest BCUT2D eigenvalue weighted by molar-refractivity contribution is 9.12. The molecule has 0 saturated heterocycles. The van der Waals surface area contributed by atoms with Gasteiger partial charge in [-0.05, 0) is 54.8 Å². The average molecular weight is 396 g/mol. The van der Waals surface area contributed by atoms with Gasteiger partial charge >= 0.3 is 5.97 Å². The first-order chi connectivity index (χ1) is 8.58. The number of aliphatic carboxylic acids is 1. The fourth-order valence-electron chi connectivity index (χ4n) is 1.42. The third-order valence-electron chi connectivity index (χ3n) is 2.19. The van der Waals surface area contributed by atoms with Crippen LogP contribution in [0.1, 0.15) is 12.8 Å². The van der Waals surface area contributed by atoms with Gasteiger partial charge in [0.05, 0.1) is 7.57 Å². The van der Waals surface area contributed by atoms with Gasteiger partial charge in [-0.2, -0.15) is 0 Å². The molecule has 0 bridgehead atoms. The third-order valence-corrected chi connectivity index (χ3v) is 4.53. The Balaban J connectivity index is 2.17. The van der Waals surface area contributed by atoms with Crippen LogP contribution in [0.5, 0.6) is 0 Å². The second-order valence-corrected chi connectivity index (χ2v) is 7.21. The molecule has 0 atom stereocenters. The van der Waals surface area contributed by atoms with E-state index in [0.717, 1.165) is 13.1 Å². The van der Waals surface area contributed by atoms with Crippen molar-refractivity contribution in [3.63, 3.8) is 0 Å². The number of carbonyl (C=O) groups is 1. The Bertz CT molecular complexity index is 569. The first-order valence-electron chi connectivity index (χ1n) is 5.01. The minimum Gasteiger partial charge on any atom is -0.481 e. The van der Waals surface area contributed by atoms with Crippen LogP contribution in [0.4, 0.5) is 0 Å². The summed E-state index contributed by atoms with van der Waals surface area (Å²) in [5.74, 6) is -0.182. The molecule has 18 heavy (non-hydrogen) atoms. The van der Waals surface area contributed by atoms with Crippen LogP contribution in [0.2, 0.25) is 0 Å². The van der Waals surface area contributed by atoms with E-state index >= 15 is 0 Å². The molecule has 2 aromatic rings. The van der Waals surface area contributed by atoms with Gasteiger partial charge in [-0.1, -0.05) is 0 Å². The highest BCUT2D eigenvalue weighted by Crippen LogP contribution is 2.37. The van der Waals surface area contributed by atoms with E-state index in [0.29, 0.717) is 18.8 Å². The highest BCUT2D eigenvalue weighted by atomic mass is 79.9. The Labute approximate surface area is 123 Å². The van der Waals surface area contributed by atoms with Gasteiger partial charge < -0.3 is 5.11 Å². The summed E-state index contributed by atoms with van der Waals surface area (Å²) in [6.45, 7) is 0.481. The van der Waals surface area contributed by atoms with Crippen molar-refractivity contribution in [2.75, 3.05) is 0 Å². The number of halogens is 2. The van der Waals surface area contributed by atoms with E-state index < -0.39 is 5.97 Å². The Morgan fingerprint density at radius 1 is 1.50 bits per heavy atom. The lowest BCUT2D eigenvalue weighted by Crippen LogP contribution is -2.05. The number of hydrogen-bond donors (Lipinski definition) is 1. The average Bonchev–Trinajstić information content (AvgIpc) is 2.84. The van der Waals surface area contributed by atoms with Gasteiger partial charge in [0.25, 0.3) is 0 Å². The normalized spacial score (nSPS) is 10.8. The second kappa shape index (κ2) is 5.89. The van der Waals surface area contributed by atoms with Crippen molar-refractivity contribution >= 4 is 49.2 Å². The molecule has 0 amide bonds. The molecule has 2 aromatic heterocycles. The lowest BCUT2D eigenvalue weighted by atomic mass is 10.3. The molecule has 1 N–H and O–H groups in total. The molecule has 2 heterocycles. The Morgan fingerprint density at radius 3 is 2.89 bits per heavy atom. The fourth-order valence-corrected chi connectivity index (χ4v) is 4.21. The Kier molecular flexibility index (Phi) is 4.46. The lowest BCUT2D eigenvalue weighted by Gasteiger charge is -2.02. The first kappa shape index (κ1) is 13.6. The van der Waals surface area contributed by atoms with Gasteiger partial charge in [-0.25, -0.2) is 4.68 Å². The molecular weight excluding hydrogens is 388 g/mol. The quantitative estimate of drug-likeness (QED) is 0.841. The molecule has 0 saturated carbocycles. The molecule has 2 rings (SSSR count). The van der Waals surface area contributed by atoms with E-state index in [9.17, 15) is 4.79 Å². The number of rotatable bonds is 5. The van der Waals surface area contributed by atoms with Crippen molar-refractivity contribution in [1.82, 2.24) is 20.2 Å². The monoisotopic (exact) mass is 394 g/mol. The van der Waals surface area contributed by atoms with Crippen molar-refractivity contribution in [1.29, 1.82) is 0 Å². The number of thiophene rings is 1. The fraction of sp³-hybridized carbons (Fsp3) is 0.333. The van der Waals surface area contributed by atoms with Crippen LogP contribution in [0.3, 0.4) is 0 Å². The summed E-state index contributed by atoms with van der Waals surface area (Å²) in [5, 5.41) is 20.1. The minimum absolute atomic E-state index is 0.105. The highest BCUT2D eigenvalue weighted by Gasteiger charge is 2.15. The summed E-state index contributed by atoms with van der Waals surface area (Å²) in [5.41, 5.74) is 0.896. The smallest absolute Gasteiger partial charge is 0.303 e. The van der Waals surface area contributed by atoms with E-state index in [4.69, 9.17) is 5.11 Å². The molecule has 9 heteroatoms. The summed E-state index contributed by atoms with van der Waals surface area (Å²) in [7, 11) is 0. The zero-order chi connectivity index (χ0) is 13.1. The molecular formula is C9H8Br2N4O2S. The van der Waals surface area contributed by atoms with Crippen LogP contribution < -0.4 is 0 Å². The number of aromatic nitrogens is 4. The van der Waals surface area contributed by atoms with E-state index in [1.54, 1.807) is 4.68 Å². The third kappa shape index (κ3) is 3.15. The van der Waals surface area contributed by atoms with E-state index in [1.165, 1.54) is 11.3 Å². The first-order valence-corrected chi connectivity index (χ1v) is 7.41. The number of carboxylic acids is 1. The second-order valence-electron chi connectivity index (χ2n) is 3.46. The van der Waals surface area contributed by atoms with Crippen molar-refractivity contribution in [3.8, 4) is 11.4 Å². The summed E-state index contributed by atoms with van der Waals surface area (Å²) < 4.78 is 3.52. The van der Waals surface area contributed by atoms with Gasteiger partial charge in [0.1, 0.15) is 0 Å². The van der Waals surface area contributed by atoms with Gasteiger partial charge in [-0.15, -0.1) is 16.4 Å². The van der Waals surface area contributed by atoms with Crippen LogP contribution in [0.25, 0.3) is 11.4 Å². The van der Waals surface area contributed by atoms with Crippen molar-refractivity contribution in [3.05, 3.63) is 13.6 Å². The molecule has 0 unspecified atom stereocenters. The molecule has 0 aliphatic rings. The standard InChI is InChI=1S/C9H8Br2N4O2S/c10-6-4-5(8(11)18-6)9-12-13-14-15(9)3-1-2-7(16)17/h4H,1-3H2,(H,16,17). The molecule has 0 aliphatic carbocycles. The van der Waals surface area contributed by atoms with E-state index in [-0.39, 0.29) is 6.42 Å². The van der Waals surface area contributed by atoms with Gasteiger partial charge in [0, 0.05) is 18.5 Å². The zero-order valence-corrected chi connectivity index (χ0v) is 13.0. The molecule has 0 aromatic carbocycles. The van der Waals surface area contributed by atoms with Crippen molar-refractivity contribution in [2.45, 2.75) is 19.4 Å². The molecule has 6 nitrogen and oxygen atoms in total. The van der Waals surface area contributed by atoms with E-state index in [1.807, 2.05) is 6.07 Å². The topological polar surface area (TPSA) is 80.9 Å². The molecule has 0 radical (unpaired) electrons. The summed E-state index contributed by atoms with van der Waals surface area (Å²) in [4.78, 5) is 10.5. The van der Waals surface area contributed by atoms with Crippen LogP contribution in [0.15, 0.2) is 13.6 Å². The maximum Gasteiger partial charge on any atom is 0.303 e. The summed E-state index contributed by atoms with van der Waals surface area (Å²) >= 11 is 8.38. The number of hydrogen-bond acceptors (Lipinski definition) is 5. The lowest BCUT2D eigenvalue weighted by molar-refractivity contribution is -0.137. The maximum atomic E-state index is 10.5. The van der Waals surface area contributed by atoms with Crippen molar-refractivity contribution in [2.24, 2.45) is 0 Å². The number of carboxylic acid groups (broad SMARTS) is 1. The zero-order valence-electron chi connectivity index (χ0n) is 9.01. The Hall–Kier alpha value is -0.800. The summed E-state index contributed by atoms with van der Waals surface area (Å²) in [6.07, 6.45) is 0.601. The Morgan fingerprint density at radius 2 is 2.28 bits per heavy atom. The molecule has 96 valence electrons. The van der Waals surface area contributed by atoms with Crippen LogP contribution in [-0.2, 0) is 11.3 Å². The molecule has 0 aliphatic heterocycles. The molecule has 0 fully saturated rings. The summed E-state index contributed by atoms with van der Waals surface area (Å²) in [6, 6.07) is 1.92. The van der Waals surface area contributed by atoms with Crippen molar-refractivity contribution < 1.29 is 9.90 Å². The van der Waals surface area contributed by atoms with Gasteiger partial charge in [-0.3, -0.25) is 4.79 Å². The van der Waals surface area contributed by atoms with Crippen LogP contribution in [-0.4, -0.2) is 31.3 Å². The number of aryl methyl sites for hydroxylation is 1. The largest absolute Gasteiger partial charge is 0.481 e. The number of nitrogens with zero attached hydrogens (tertiary/aromatic N) is 4. The van der Waals surface area contributed by atoms with Crippen LogP contribution in [0, 0.1) is 0 Å². The maximum absolute atomic E-state index is 10.5. The number of tetrazole rings is 1. The van der Waals surface area contributed by atoms with Crippen LogP contribution >= 0.6 is 43.2 Å². The predicted molar refractivity (Wildman–Crippen MR) is 73.4 cm³/mol.